The molecule has 1 aromatic rings. The van der Waals surface area contributed by atoms with E-state index >= 15 is 0 Å². The maximum absolute atomic E-state index is 11.5. The van der Waals surface area contributed by atoms with E-state index in [-0.39, 0.29) is 23.3 Å². The van der Waals surface area contributed by atoms with E-state index in [0.717, 1.165) is 11.5 Å². The molecule has 1 fully saturated rings. The van der Waals surface area contributed by atoms with Crippen molar-refractivity contribution in [3.05, 3.63) is 24.3 Å². The Kier molecular flexibility index (Phi) is 4.88. The molecule has 6 heteroatoms. The van der Waals surface area contributed by atoms with E-state index in [2.05, 4.69) is 0 Å². The van der Waals surface area contributed by atoms with E-state index in [1.807, 2.05) is 24.3 Å². The molecule has 0 aromatic heterocycles. The second-order valence-electron chi connectivity index (χ2n) is 5.15. The SMILES string of the molecule is COc1ccc(OCC(CN)C2CCS(=O)(=O)C2)cc1. The van der Waals surface area contributed by atoms with E-state index in [9.17, 15) is 8.42 Å². The van der Waals surface area contributed by atoms with E-state index in [0.29, 0.717) is 19.6 Å². The maximum atomic E-state index is 11.5. The van der Waals surface area contributed by atoms with Crippen LogP contribution in [-0.4, -0.2) is 40.2 Å². The summed E-state index contributed by atoms with van der Waals surface area (Å²) in [5, 5.41) is 0. The molecule has 2 atom stereocenters. The van der Waals surface area contributed by atoms with Crippen molar-refractivity contribution in [3.63, 3.8) is 0 Å². The summed E-state index contributed by atoms with van der Waals surface area (Å²) in [7, 11) is -1.26. The summed E-state index contributed by atoms with van der Waals surface area (Å²) < 4.78 is 33.8. The smallest absolute Gasteiger partial charge is 0.150 e. The summed E-state index contributed by atoms with van der Waals surface area (Å²) in [6, 6.07) is 7.31. The van der Waals surface area contributed by atoms with Crippen molar-refractivity contribution in [1.82, 2.24) is 0 Å². The molecular weight excluding hydrogens is 278 g/mol. The topological polar surface area (TPSA) is 78.6 Å². The zero-order chi connectivity index (χ0) is 14.6. The van der Waals surface area contributed by atoms with Crippen LogP contribution in [0.2, 0.25) is 0 Å². The number of rotatable bonds is 6. The molecule has 0 spiro atoms. The van der Waals surface area contributed by atoms with Crippen molar-refractivity contribution < 1.29 is 17.9 Å². The van der Waals surface area contributed by atoms with Gasteiger partial charge in [-0.2, -0.15) is 0 Å². The second-order valence-corrected chi connectivity index (χ2v) is 7.37. The van der Waals surface area contributed by atoms with Crippen LogP contribution < -0.4 is 15.2 Å². The number of methoxy groups -OCH3 is 1. The van der Waals surface area contributed by atoms with Gasteiger partial charge in [-0.15, -0.1) is 0 Å². The summed E-state index contributed by atoms with van der Waals surface area (Å²) >= 11 is 0. The third-order valence-corrected chi connectivity index (χ3v) is 5.55. The lowest BCUT2D eigenvalue weighted by Crippen LogP contribution is -2.29. The van der Waals surface area contributed by atoms with Gasteiger partial charge in [-0.3, -0.25) is 0 Å². The molecule has 0 aliphatic carbocycles. The van der Waals surface area contributed by atoms with Gasteiger partial charge in [0.15, 0.2) is 9.84 Å². The Labute approximate surface area is 120 Å². The predicted octanol–water partition coefficient (Wildman–Crippen LogP) is 1.08. The lowest BCUT2D eigenvalue weighted by Gasteiger charge is -2.21. The molecule has 20 heavy (non-hydrogen) atoms. The molecule has 5 nitrogen and oxygen atoms in total. The van der Waals surface area contributed by atoms with E-state index in [1.54, 1.807) is 7.11 Å². The highest BCUT2D eigenvalue weighted by molar-refractivity contribution is 7.91. The van der Waals surface area contributed by atoms with Crippen LogP contribution in [0.5, 0.6) is 11.5 Å². The van der Waals surface area contributed by atoms with Crippen molar-refractivity contribution in [2.75, 3.05) is 31.8 Å². The molecule has 1 aliphatic heterocycles. The quantitative estimate of drug-likeness (QED) is 0.850. The van der Waals surface area contributed by atoms with Crippen LogP contribution in [0.15, 0.2) is 24.3 Å². The fourth-order valence-electron chi connectivity index (χ4n) is 2.47. The number of sulfone groups is 1. The van der Waals surface area contributed by atoms with E-state index in [1.165, 1.54) is 0 Å². The summed E-state index contributed by atoms with van der Waals surface area (Å²) in [6.07, 6.45) is 0.691. The highest BCUT2D eigenvalue weighted by Crippen LogP contribution is 2.26. The standard InChI is InChI=1S/C14H21NO4S/c1-18-13-2-4-14(5-3-13)19-9-12(8-15)11-6-7-20(16,17)10-11/h2-5,11-12H,6-10,15H2,1H3. The first-order valence-corrected chi connectivity index (χ1v) is 8.53. The highest BCUT2D eigenvalue weighted by Gasteiger charge is 2.33. The number of nitrogens with two attached hydrogens (primary N) is 1. The monoisotopic (exact) mass is 299 g/mol. The first-order valence-electron chi connectivity index (χ1n) is 6.71. The number of hydrogen-bond acceptors (Lipinski definition) is 5. The lowest BCUT2D eigenvalue weighted by molar-refractivity contribution is 0.208. The van der Waals surface area contributed by atoms with Gasteiger partial charge >= 0.3 is 0 Å². The molecule has 1 saturated heterocycles. The van der Waals surface area contributed by atoms with Crippen molar-refractivity contribution in [2.24, 2.45) is 17.6 Å². The normalized spacial score (nSPS) is 22.4. The third-order valence-electron chi connectivity index (χ3n) is 3.76. The van der Waals surface area contributed by atoms with Crippen molar-refractivity contribution in [3.8, 4) is 11.5 Å². The fraction of sp³-hybridized carbons (Fsp3) is 0.571. The van der Waals surface area contributed by atoms with Crippen LogP contribution in [0.3, 0.4) is 0 Å². The molecule has 0 radical (unpaired) electrons. The molecule has 1 heterocycles. The zero-order valence-electron chi connectivity index (χ0n) is 11.6. The van der Waals surface area contributed by atoms with Crippen LogP contribution in [0.25, 0.3) is 0 Å². The Morgan fingerprint density at radius 2 is 1.95 bits per heavy atom. The molecule has 2 N–H and O–H groups in total. The zero-order valence-corrected chi connectivity index (χ0v) is 12.4. The van der Waals surface area contributed by atoms with Crippen LogP contribution in [0, 0.1) is 11.8 Å². The van der Waals surface area contributed by atoms with Crippen molar-refractivity contribution in [1.29, 1.82) is 0 Å². The largest absolute Gasteiger partial charge is 0.497 e. The van der Waals surface area contributed by atoms with Crippen LogP contribution >= 0.6 is 0 Å². The molecule has 112 valence electrons. The van der Waals surface area contributed by atoms with Gasteiger partial charge < -0.3 is 15.2 Å². The third kappa shape index (κ3) is 3.86. The minimum atomic E-state index is -2.87. The van der Waals surface area contributed by atoms with Gasteiger partial charge in [-0.05, 0) is 43.1 Å². The van der Waals surface area contributed by atoms with Crippen LogP contribution in [0.1, 0.15) is 6.42 Å². The molecular formula is C14H21NO4S. The molecule has 0 amide bonds. The summed E-state index contributed by atoms with van der Waals surface area (Å²) in [5.41, 5.74) is 5.76. The summed E-state index contributed by atoms with van der Waals surface area (Å²) in [5.74, 6) is 2.22. The Hall–Kier alpha value is -1.27. The Morgan fingerprint density at radius 1 is 1.30 bits per heavy atom. The van der Waals surface area contributed by atoms with Gasteiger partial charge in [-0.25, -0.2) is 8.42 Å². The highest BCUT2D eigenvalue weighted by atomic mass is 32.2. The van der Waals surface area contributed by atoms with Gasteiger partial charge in [0.25, 0.3) is 0 Å². The molecule has 0 bridgehead atoms. The summed E-state index contributed by atoms with van der Waals surface area (Å²) in [6.45, 7) is 0.888. The first kappa shape index (κ1) is 15.1. The van der Waals surface area contributed by atoms with Gasteiger partial charge in [0.1, 0.15) is 11.5 Å². The van der Waals surface area contributed by atoms with E-state index < -0.39 is 9.84 Å². The van der Waals surface area contributed by atoms with Crippen molar-refractivity contribution in [2.45, 2.75) is 6.42 Å². The number of benzene rings is 1. The first-order chi connectivity index (χ1) is 9.54. The van der Waals surface area contributed by atoms with Gasteiger partial charge in [0, 0.05) is 5.92 Å². The molecule has 2 unspecified atom stereocenters. The molecule has 1 aromatic carbocycles. The Morgan fingerprint density at radius 3 is 2.45 bits per heavy atom. The van der Waals surface area contributed by atoms with Gasteiger partial charge in [0.05, 0.1) is 25.2 Å². The number of hydrogen-bond donors (Lipinski definition) is 1. The Balaban J connectivity index is 1.90. The molecule has 0 saturated carbocycles. The van der Waals surface area contributed by atoms with Crippen LogP contribution in [0.4, 0.5) is 0 Å². The fourth-order valence-corrected chi connectivity index (χ4v) is 4.39. The minimum Gasteiger partial charge on any atom is -0.497 e. The maximum Gasteiger partial charge on any atom is 0.150 e. The van der Waals surface area contributed by atoms with Gasteiger partial charge in [0.2, 0.25) is 0 Å². The predicted molar refractivity (Wildman–Crippen MR) is 77.8 cm³/mol. The van der Waals surface area contributed by atoms with Gasteiger partial charge in [-0.1, -0.05) is 0 Å². The van der Waals surface area contributed by atoms with E-state index in [4.69, 9.17) is 15.2 Å². The second kappa shape index (κ2) is 6.45. The number of ether oxygens (including phenoxy) is 2. The Bertz CT molecular complexity index is 527. The molecule has 2 rings (SSSR count). The average molecular weight is 299 g/mol. The summed E-state index contributed by atoms with van der Waals surface area (Å²) in [4.78, 5) is 0. The van der Waals surface area contributed by atoms with Crippen molar-refractivity contribution >= 4 is 9.84 Å². The average Bonchev–Trinajstić information content (AvgIpc) is 2.80. The van der Waals surface area contributed by atoms with Crippen LogP contribution in [-0.2, 0) is 9.84 Å². The molecule has 1 aliphatic rings. The minimum absolute atomic E-state index is 0.0781. The lowest BCUT2D eigenvalue weighted by atomic mass is 9.93.